The molecule has 36 heavy (non-hydrogen) atoms. The first-order valence-electron chi connectivity index (χ1n) is 11.5. The Morgan fingerprint density at radius 2 is 1.83 bits per heavy atom. The van der Waals surface area contributed by atoms with E-state index in [1.807, 2.05) is 0 Å². The van der Waals surface area contributed by atoms with Crippen LogP contribution >= 0.6 is 0 Å². The summed E-state index contributed by atoms with van der Waals surface area (Å²) in [6.07, 6.45) is -8.07. The van der Waals surface area contributed by atoms with Gasteiger partial charge in [0.05, 0.1) is 17.5 Å². The smallest absolute Gasteiger partial charge is 0.353 e. The molecule has 1 saturated carbocycles. The van der Waals surface area contributed by atoms with Gasteiger partial charge in [-0.1, -0.05) is 0 Å². The molecule has 2 fully saturated rings. The number of rotatable bonds is 7. The Hall–Kier alpha value is -2.67. The maximum atomic E-state index is 12.9. The van der Waals surface area contributed by atoms with Crippen molar-refractivity contribution in [3.63, 3.8) is 0 Å². The molecule has 198 valence electrons. The SMILES string of the molecule is CC(C)(CN1CCC2(CC1)CC2C(=O)Nc1ccc(-n2cccn2)nc1)OC(C(F)(F)F)C(F)(F)F. The van der Waals surface area contributed by atoms with E-state index in [0.29, 0.717) is 43.9 Å². The molecule has 2 aromatic heterocycles. The molecular weight excluding hydrogens is 492 g/mol. The number of nitrogens with zero attached hydrogens (tertiary/aromatic N) is 4. The Bertz CT molecular complexity index is 1030. The number of hydrogen-bond acceptors (Lipinski definition) is 5. The summed E-state index contributed by atoms with van der Waals surface area (Å²) >= 11 is 0. The number of amides is 1. The van der Waals surface area contributed by atoms with E-state index in [1.165, 1.54) is 13.8 Å². The number of anilines is 1. The number of carbonyl (C=O) groups is 1. The van der Waals surface area contributed by atoms with Crippen LogP contribution < -0.4 is 5.32 Å². The summed E-state index contributed by atoms with van der Waals surface area (Å²) in [4.78, 5) is 18.8. The Labute approximate surface area is 203 Å². The molecule has 13 heteroatoms. The Balaban J connectivity index is 1.27. The zero-order chi connectivity index (χ0) is 26.4. The fourth-order valence-electron chi connectivity index (χ4n) is 4.87. The Morgan fingerprint density at radius 1 is 1.17 bits per heavy atom. The molecular formula is C23H27F6N5O2. The molecule has 3 heterocycles. The van der Waals surface area contributed by atoms with E-state index in [4.69, 9.17) is 0 Å². The second-order valence-corrected chi connectivity index (χ2v) is 10.1. The van der Waals surface area contributed by atoms with Crippen LogP contribution in [0.2, 0.25) is 0 Å². The third-order valence-corrected chi connectivity index (χ3v) is 6.75. The molecule has 4 rings (SSSR count). The largest absolute Gasteiger partial charge is 0.423 e. The number of likely N-dealkylation sites (tertiary alicyclic amines) is 1. The van der Waals surface area contributed by atoms with Crippen molar-refractivity contribution < 1.29 is 35.9 Å². The molecule has 1 saturated heterocycles. The summed E-state index contributed by atoms with van der Waals surface area (Å²) in [6, 6.07) is 5.23. The summed E-state index contributed by atoms with van der Waals surface area (Å²) in [6.45, 7) is 3.28. The van der Waals surface area contributed by atoms with Crippen LogP contribution in [0.3, 0.4) is 0 Å². The van der Waals surface area contributed by atoms with Crippen molar-refractivity contribution in [3.8, 4) is 5.82 Å². The van der Waals surface area contributed by atoms with E-state index in [0.717, 1.165) is 0 Å². The molecule has 1 N–H and O–H groups in total. The molecule has 2 aliphatic rings. The number of halogens is 6. The van der Waals surface area contributed by atoms with Crippen LogP contribution in [-0.4, -0.2) is 69.3 Å². The normalized spacial score (nSPS) is 20.6. The second-order valence-electron chi connectivity index (χ2n) is 10.1. The lowest BCUT2D eigenvalue weighted by molar-refractivity contribution is -0.342. The Morgan fingerprint density at radius 3 is 2.36 bits per heavy atom. The zero-order valence-electron chi connectivity index (χ0n) is 19.7. The third-order valence-electron chi connectivity index (χ3n) is 6.75. The minimum atomic E-state index is -5.55. The van der Waals surface area contributed by atoms with Crippen LogP contribution in [-0.2, 0) is 9.53 Å². The molecule has 1 atom stereocenters. The monoisotopic (exact) mass is 519 g/mol. The average molecular weight is 519 g/mol. The summed E-state index contributed by atoms with van der Waals surface area (Å²) in [5.74, 6) is 0.283. The van der Waals surface area contributed by atoms with Gasteiger partial charge in [-0.2, -0.15) is 31.4 Å². The lowest BCUT2D eigenvalue weighted by Crippen LogP contribution is -2.53. The quantitative estimate of drug-likeness (QED) is 0.542. The predicted molar refractivity (Wildman–Crippen MR) is 117 cm³/mol. The standard InChI is InChI=1S/C23H27F6N5O2/c1-20(2,36-19(22(24,25)26)23(27,28)29)14-33-10-6-21(7-11-33)12-16(21)18(35)32-15-4-5-17(30-13-15)34-9-3-8-31-34/h3-5,8-9,13,16,19H,6-7,10-12,14H2,1-2H3,(H,32,35). The molecule has 0 radical (unpaired) electrons. The maximum absolute atomic E-state index is 12.9. The van der Waals surface area contributed by atoms with Gasteiger partial charge in [-0.05, 0) is 69.8 Å². The lowest BCUT2D eigenvalue weighted by atomic mass is 9.90. The van der Waals surface area contributed by atoms with Gasteiger partial charge in [0, 0.05) is 24.9 Å². The van der Waals surface area contributed by atoms with Gasteiger partial charge in [-0.25, -0.2) is 9.67 Å². The van der Waals surface area contributed by atoms with Crippen molar-refractivity contribution >= 4 is 11.6 Å². The highest BCUT2D eigenvalue weighted by molar-refractivity contribution is 5.95. The summed E-state index contributed by atoms with van der Waals surface area (Å²) in [5, 5.41) is 6.96. The van der Waals surface area contributed by atoms with Gasteiger partial charge in [0.1, 0.15) is 0 Å². The van der Waals surface area contributed by atoms with E-state index in [9.17, 15) is 31.1 Å². The zero-order valence-corrected chi connectivity index (χ0v) is 19.7. The lowest BCUT2D eigenvalue weighted by Gasteiger charge is -2.39. The first kappa shape index (κ1) is 26.4. The van der Waals surface area contributed by atoms with Gasteiger partial charge in [0.25, 0.3) is 0 Å². The third kappa shape index (κ3) is 6.00. The summed E-state index contributed by atoms with van der Waals surface area (Å²) < 4.78 is 83.5. The molecule has 0 aromatic carbocycles. The van der Waals surface area contributed by atoms with Gasteiger partial charge in [0.15, 0.2) is 5.82 Å². The van der Waals surface area contributed by atoms with E-state index < -0.39 is 24.1 Å². The van der Waals surface area contributed by atoms with Crippen molar-refractivity contribution in [1.29, 1.82) is 0 Å². The van der Waals surface area contributed by atoms with E-state index in [2.05, 4.69) is 20.1 Å². The number of nitrogens with one attached hydrogen (secondary N) is 1. The number of ether oxygens (including phenoxy) is 1. The van der Waals surface area contributed by atoms with Crippen LogP contribution in [0.5, 0.6) is 0 Å². The highest BCUT2D eigenvalue weighted by atomic mass is 19.4. The summed E-state index contributed by atoms with van der Waals surface area (Å²) in [5.41, 5.74) is -1.32. The van der Waals surface area contributed by atoms with Gasteiger partial charge in [-0.15, -0.1) is 0 Å². The van der Waals surface area contributed by atoms with Crippen molar-refractivity contribution in [3.05, 3.63) is 36.8 Å². The number of aromatic nitrogens is 3. The highest BCUT2D eigenvalue weighted by Crippen LogP contribution is 2.59. The maximum Gasteiger partial charge on any atom is 0.423 e. The van der Waals surface area contributed by atoms with E-state index in [-0.39, 0.29) is 23.8 Å². The topological polar surface area (TPSA) is 72.3 Å². The summed E-state index contributed by atoms with van der Waals surface area (Å²) in [7, 11) is 0. The van der Waals surface area contributed by atoms with Crippen LogP contribution in [0, 0.1) is 11.3 Å². The number of hydrogen-bond donors (Lipinski definition) is 1. The van der Waals surface area contributed by atoms with Gasteiger partial charge in [0.2, 0.25) is 12.0 Å². The van der Waals surface area contributed by atoms with E-state index >= 15 is 0 Å². The molecule has 1 aliphatic carbocycles. The van der Waals surface area contributed by atoms with Gasteiger partial charge in [-0.3, -0.25) is 4.79 Å². The fourth-order valence-corrected chi connectivity index (χ4v) is 4.87. The van der Waals surface area contributed by atoms with Crippen LogP contribution in [0.1, 0.15) is 33.1 Å². The van der Waals surface area contributed by atoms with Crippen molar-refractivity contribution in [1.82, 2.24) is 19.7 Å². The number of alkyl halides is 6. The predicted octanol–water partition coefficient (Wildman–Crippen LogP) is 4.60. The van der Waals surface area contributed by atoms with Crippen molar-refractivity contribution in [2.45, 2.75) is 57.2 Å². The molecule has 7 nitrogen and oxygen atoms in total. The van der Waals surface area contributed by atoms with Gasteiger partial charge < -0.3 is 15.0 Å². The molecule has 0 bridgehead atoms. The van der Waals surface area contributed by atoms with Crippen molar-refractivity contribution in [2.75, 3.05) is 25.0 Å². The first-order chi connectivity index (χ1) is 16.7. The minimum Gasteiger partial charge on any atom is -0.353 e. The Kier molecular flexibility index (Phi) is 6.84. The number of piperidine rings is 1. The van der Waals surface area contributed by atoms with Crippen LogP contribution in [0.15, 0.2) is 36.8 Å². The van der Waals surface area contributed by atoms with Crippen LogP contribution in [0.25, 0.3) is 5.82 Å². The average Bonchev–Trinajstić information content (AvgIpc) is 3.20. The molecule has 1 unspecified atom stereocenters. The highest BCUT2D eigenvalue weighted by Gasteiger charge is 2.60. The number of carbonyl (C=O) groups excluding carboxylic acids is 1. The molecule has 2 aromatic rings. The molecule has 1 amide bonds. The first-order valence-corrected chi connectivity index (χ1v) is 11.5. The van der Waals surface area contributed by atoms with Crippen LogP contribution in [0.4, 0.5) is 32.0 Å². The van der Waals surface area contributed by atoms with Gasteiger partial charge >= 0.3 is 12.4 Å². The minimum absolute atomic E-state index is 0.0864. The molecule has 1 spiro atoms. The fraction of sp³-hybridized carbons (Fsp3) is 0.609. The number of pyridine rings is 1. The second kappa shape index (κ2) is 9.33. The molecule has 1 aliphatic heterocycles. The van der Waals surface area contributed by atoms with E-state index in [1.54, 1.807) is 46.4 Å². The van der Waals surface area contributed by atoms with Crippen molar-refractivity contribution in [2.24, 2.45) is 11.3 Å².